The van der Waals surface area contributed by atoms with Crippen LogP contribution < -0.4 is 4.90 Å². The van der Waals surface area contributed by atoms with E-state index in [4.69, 9.17) is 0 Å². The lowest BCUT2D eigenvalue weighted by Gasteiger charge is -2.63. The molecule has 0 unspecified atom stereocenters. The van der Waals surface area contributed by atoms with Gasteiger partial charge < -0.3 is 4.90 Å². The van der Waals surface area contributed by atoms with Gasteiger partial charge in [0.05, 0.1) is 0 Å². The number of hydrogen-bond donors (Lipinski definition) is 0. The summed E-state index contributed by atoms with van der Waals surface area (Å²) < 4.78 is 0. The lowest BCUT2D eigenvalue weighted by molar-refractivity contribution is -0.0443. The number of rotatable bonds is 3. The number of hydrogen-bond acceptors (Lipinski definition) is 2. The summed E-state index contributed by atoms with van der Waals surface area (Å²) in [6.45, 7) is 14.6. The first kappa shape index (κ1) is 32.7. The van der Waals surface area contributed by atoms with Gasteiger partial charge in [0, 0.05) is 37.7 Å². The Kier molecular flexibility index (Phi) is 6.74. The molecular formula is C51H53NS. The topological polar surface area (TPSA) is 3.24 Å². The molecule has 4 saturated carbocycles. The van der Waals surface area contributed by atoms with Gasteiger partial charge in [0.1, 0.15) is 0 Å². The van der Waals surface area contributed by atoms with Gasteiger partial charge in [0.15, 0.2) is 0 Å². The standard InChI is InChI=1S/C51H53NS/c1-48(2)21-22-49(3,4)44-29-36(16-19-42(44)48)52(35-15-18-41-39(28-35)38-11-7-8-12-40(38)50(41,5)6)37-17-20-47-45(30-37)51(43-13-9-10-14-46(43)53-47)33-24-31-23-32(26-33)27-34(51)25-31/h7-20,28-34H,21-27H2,1-6H3. The lowest BCUT2D eigenvalue weighted by atomic mass is 9.42. The van der Waals surface area contributed by atoms with E-state index in [1.807, 2.05) is 11.8 Å². The van der Waals surface area contributed by atoms with Gasteiger partial charge in [-0.25, -0.2) is 0 Å². The Hall–Kier alpha value is -3.75. The molecule has 7 aliphatic rings. The minimum Gasteiger partial charge on any atom is -0.310 e. The minimum atomic E-state index is -0.0149. The molecule has 5 aromatic rings. The van der Waals surface area contributed by atoms with Crippen LogP contribution >= 0.6 is 11.8 Å². The average molecular weight is 712 g/mol. The van der Waals surface area contributed by atoms with Crippen molar-refractivity contribution in [3.63, 3.8) is 0 Å². The molecule has 268 valence electrons. The molecule has 1 spiro atoms. The fraction of sp³-hybridized carbons (Fsp3) is 0.412. The van der Waals surface area contributed by atoms with Crippen molar-refractivity contribution >= 4 is 28.8 Å². The van der Waals surface area contributed by atoms with Gasteiger partial charge >= 0.3 is 0 Å². The van der Waals surface area contributed by atoms with Crippen LogP contribution in [0.1, 0.15) is 120 Å². The zero-order valence-corrected chi connectivity index (χ0v) is 33.2. The van der Waals surface area contributed by atoms with Gasteiger partial charge in [-0.2, -0.15) is 0 Å². The zero-order valence-electron chi connectivity index (χ0n) is 32.4. The van der Waals surface area contributed by atoms with Crippen LogP contribution in [0, 0.1) is 23.7 Å². The lowest BCUT2D eigenvalue weighted by Crippen LogP contribution is -2.57. The molecule has 0 aromatic heterocycles. The molecule has 4 fully saturated rings. The summed E-state index contributed by atoms with van der Waals surface area (Å²) in [4.78, 5) is 5.61. The third-order valence-electron chi connectivity index (χ3n) is 15.6. The molecule has 53 heavy (non-hydrogen) atoms. The highest BCUT2D eigenvalue weighted by Gasteiger charge is 2.60. The second kappa shape index (κ2) is 10.9. The van der Waals surface area contributed by atoms with Crippen molar-refractivity contribution in [1.82, 2.24) is 0 Å². The Balaban J connectivity index is 1.14. The SMILES string of the molecule is CC1(C)CCC(C)(C)c2cc(N(c3ccc4c(c3)-c3ccccc3C4(C)C)c3ccc4c(c3)C3(c5ccccc5S4)C4CC5CC(C4)CC3C5)ccc21. The van der Waals surface area contributed by atoms with Crippen molar-refractivity contribution in [2.24, 2.45) is 23.7 Å². The Morgan fingerprint density at radius 3 is 1.72 bits per heavy atom. The number of fused-ring (bicyclic) bond motifs is 6. The van der Waals surface area contributed by atoms with Crippen molar-refractivity contribution in [3.05, 3.63) is 137 Å². The normalized spacial score (nSPS) is 28.5. The molecule has 0 radical (unpaired) electrons. The van der Waals surface area contributed by atoms with Crippen LogP contribution in [0.4, 0.5) is 17.1 Å². The number of anilines is 3. The van der Waals surface area contributed by atoms with Crippen LogP contribution in [-0.2, 0) is 21.7 Å². The highest BCUT2D eigenvalue weighted by atomic mass is 32.2. The van der Waals surface area contributed by atoms with Crippen molar-refractivity contribution in [3.8, 4) is 11.1 Å². The predicted octanol–water partition coefficient (Wildman–Crippen LogP) is 14.0. The number of benzene rings is 5. The maximum atomic E-state index is 2.68. The van der Waals surface area contributed by atoms with Gasteiger partial charge in [0.2, 0.25) is 0 Å². The van der Waals surface area contributed by atoms with E-state index in [9.17, 15) is 0 Å². The van der Waals surface area contributed by atoms with Crippen molar-refractivity contribution in [2.45, 2.75) is 118 Å². The summed E-state index contributed by atoms with van der Waals surface area (Å²) >= 11 is 2.02. The van der Waals surface area contributed by atoms with E-state index in [1.54, 1.807) is 11.1 Å². The Morgan fingerprint density at radius 1 is 0.472 bits per heavy atom. The van der Waals surface area contributed by atoms with E-state index in [-0.39, 0.29) is 21.7 Å². The van der Waals surface area contributed by atoms with Gasteiger partial charge in [-0.3, -0.25) is 0 Å². The van der Waals surface area contributed by atoms with E-state index < -0.39 is 0 Å². The molecule has 0 amide bonds. The first-order valence-corrected chi connectivity index (χ1v) is 21.4. The Morgan fingerprint density at radius 2 is 1.00 bits per heavy atom. The first-order valence-electron chi connectivity index (χ1n) is 20.6. The van der Waals surface area contributed by atoms with E-state index in [0.717, 1.165) is 23.7 Å². The molecule has 12 rings (SSSR count). The molecule has 1 nitrogen and oxygen atoms in total. The van der Waals surface area contributed by atoms with Gasteiger partial charge in [-0.15, -0.1) is 0 Å². The second-order valence-corrected chi connectivity index (χ2v) is 20.8. The summed E-state index contributed by atoms with van der Waals surface area (Å²) in [5.74, 6) is 3.31. The van der Waals surface area contributed by atoms with Crippen LogP contribution in [0.5, 0.6) is 0 Å². The van der Waals surface area contributed by atoms with Crippen molar-refractivity contribution < 1.29 is 0 Å². The molecule has 6 aliphatic carbocycles. The fourth-order valence-electron chi connectivity index (χ4n) is 13.0. The fourth-order valence-corrected chi connectivity index (χ4v) is 14.3. The Bertz CT molecular complexity index is 2310. The van der Waals surface area contributed by atoms with E-state index in [0.29, 0.717) is 0 Å². The summed E-state index contributed by atoms with van der Waals surface area (Å²) in [6.07, 6.45) is 9.51. The van der Waals surface area contributed by atoms with E-state index >= 15 is 0 Å². The summed E-state index contributed by atoms with van der Waals surface area (Å²) in [7, 11) is 0. The summed E-state index contributed by atoms with van der Waals surface area (Å²) in [5.41, 5.74) is 16.2. The summed E-state index contributed by atoms with van der Waals surface area (Å²) in [6, 6.07) is 41.1. The van der Waals surface area contributed by atoms with Crippen LogP contribution in [0.15, 0.2) is 113 Å². The molecule has 1 heterocycles. The zero-order chi connectivity index (χ0) is 36.1. The molecule has 0 N–H and O–H groups in total. The largest absolute Gasteiger partial charge is 0.310 e. The molecule has 5 aromatic carbocycles. The molecule has 1 aliphatic heterocycles. The van der Waals surface area contributed by atoms with Crippen molar-refractivity contribution in [1.29, 1.82) is 0 Å². The smallest absolute Gasteiger partial charge is 0.0468 e. The highest BCUT2D eigenvalue weighted by Crippen LogP contribution is 2.69. The van der Waals surface area contributed by atoms with Crippen LogP contribution in [-0.4, -0.2) is 0 Å². The maximum Gasteiger partial charge on any atom is 0.0468 e. The van der Waals surface area contributed by atoms with Gasteiger partial charge in [-0.05, 0) is 172 Å². The number of nitrogens with zero attached hydrogens (tertiary/aromatic N) is 1. The minimum absolute atomic E-state index is 0.0149. The molecule has 0 saturated heterocycles. The average Bonchev–Trinajstić information content (AvgIpc) is 3.37. The molecular weight excluding hydrogens is 659 g/mol. The van der Waals surface area contributed by atoms with E-state index in [1.165, 1.54) is 105 Å². The van der Waals surface area contributed by atoms with E-state index in [2.05, 4.69) is 150 Å². The van der Waals surface area contributed by atoms with Crippen LogP contribution in [0.25, 0.3) is 11.1 Å². The summed E-state index contributed by atoms with van der Waals surface area (Å²) in [5, 5.41) is 0. The highest BCUT2D eigenvalue weighted by molar-refractivity contribution is 7.99. The molecule has 0 atom stereocenters. The van der Waals surface area contributed by atoms with Crippen LogP contribution in [0.2, 0.25) is 0 Å². The van der Waals surface area contributed by atoms with Gasteiger partial charge in [-0.1, -0.05) is 108 Å². The first-order chi connectivity index (χ1) is 25.4. The van der Waals surface area contributed by atoms with Crippen LogP contribution in [0.3, 0.4) is 0 Å². The predicted molar refractivity (Wildman–Crippen MR) is 222 cm³/mol. The third-order valence-corrected chi connectivity index (χ3v) is 16.7. The Labute approximate surface area is 321 Å². The molecule has 4 bridgehead atoms. The quantitative estimate of drug-likeness (QED) is 0.183. The molecule has 2 heteroatoms. The monoisotopic (exact) mass is 711 g/mol. The van der Waals surface area contributed by atoms with Gasteiger partial charge in [0.25, 0.3) is 0 Å². The third kappa shape index (κ3) is 4.45. The van der Waals surface area contributed by atoms with Crippen molar-refractivity contribution in [2.75, 3.05) is 4.90 Å². The maximum absolute atomic E-state index is 2.68. The second-order valence-electron chi connectivity index (χ2n) is 19.7.